The second kappa shape index (κ2) is 11.5. The Bertz CT molecular complexity index is 1450. The highest BCUT2D eigenvalue weighted by Crippen LogP contribution is 2.30. The number of likely N-dealkylation sites (tertiary alicyclic amines) is 1. The van der Waals surface area contributed by atoms with Crippen LogP contribution in [0.2, 0.25) is 0 Å². The summed E-state index contributed by atoms with van der Waals surface area (Å²) in [5.41, 5.74) is 4.81. The average molecular weight is 535 g/mol. The van der Waals surface area contributed by atoms with Crippen LogP contribution in [-0.4, -0.2) is 69.8 Å². The smallest absolute Gasteiger partial charge is 0.226 e. The molecule has 2 aromatic heterocycles. The summed E-state index contributed by atoms with van der Waals surface area (Å²) < 4.78 is 36.5. The van der Waals surface area contributed by atoms with Crippen LogP contribution in [0, 0.1) is 18.6 Å². The number of ether oxygens (including phenoxy) is 1. The highest BCUT2D eigenvalue weighted by molar-refractivity contribution is 5.80. The maximum Gasteiger partial charge on any atom is 0.226 e. The molecule has 204 valence electrons. The van der Waals surface area contributed by atoms with Crippen molar-refractivity contribution < 1.29 is 18.3 Å². The van der Waals surface area contributed by atoms with Gasteiger partial charge in [-0.25, -0.2) is 13.5 Å². The van der Waals surface area contributed by atoms with E-state index >= 15 is 0 Å². The fourth-order valence-corrected chi connectivity index (χ4v) is 5.26. The van der Waals surface area contributed by atoms with Crippen LogP contribution in [0.15, 0.2) is 60.9 Å². The lowest BCUT2D eigenvalue weighted by Crippen LogP contribution is -2.41. The van der Waals surface area contributed by atoms with Gasteiger partial charge in [-0.1, -0.05) is 24.3 Å². The van der Waals surface area contributed by atoms with E-state index in [-0.39, 0.29) is 24.3 Å². The minimum atomic E-state index is -0.891. The molecule has 0 aliphatic carbocycles. The molecule has 3 heterocycles. The van der Waals surface area contributed by atoms with Crippen molar-refractivity contribution in [1.82, 2.24) is 29.8 Å². The zero-order valence-electron chi connectivity index (χ0n) is 22.3. The van der Waals surface area contributed by atoms with Crippen molar-refractivity contribution in [1.29, 1.82) is 0 Å². The third-order valence-electron chi connectivity index (χ3n) is 7.28. The van der Waals surface area contributed by atoms with Crippen LogP contribution in [0.3, 0.4) is 0 Å². The highest BCUT2D eigenvalue weighted by atomic mass is 19.2. The van der Waals surface area contributed by atoms with E-state index in [1.54, 1.807) is 24.1 Å². The van der Waals surface area contributed by atoms with Gasteiger partial charge < -0.3 is 10.1 Å². The molecule has 1 aliphatic heterocycles. The predicted molar refractivity (Wildman–Crippen MR) is 144 cm³/mol. The van der Waals surface area contributed by atoms with Crippen molar-refractivity contribution in [2.75, 3.05) is 33.4 Å². The van der Waals surface area contributed by atoms with Crippen LogP contribution in [-0.2, 0) is 23.0 Å². The number of carbonyl (C=O) groups excluding carboxylic acids is 1. The number of hydrogen-bond acceptors (Lipinski definition) is 5. The van der Waals surface area contributed by atoms with Crippen LogP contribution >= 0.6 is 0 Å². The third kappa shape index (κ3) is 5.76. The fourth-order valence-electron chi connectivity index (χ4n) is 5.26. The maximum absolute atomic E-state index is 14.1. The Morgan fingerprint density at radius 3 is 2.62 bits per heavy atom. The van der Waals surface area contributed by atoms with Crippen LogP contribution in [0.4, 0.5) is 8.78 Å². The van der Waals surface area contributed by atoms with E-state index in [2.05, 4.69) is 15.3 Å². The van der Waals surface area contributed by atoms with Crippen molar-refractivity contribution in [3.05, 3.63) is 89.4 Å². The number of benzene rings is 2. The monoisotopic (exact) mass is 534 g/mol. The van der Waals surface area contributed by atoms with Gasteiger partial charge in [0.25, 0.3) is 0 Å². The summed E-state index contributed by atoms with van der Waals surface area (Å²) >= 11 is 0. The summed E-state index contributed by atoms with van der Waals surface area (Å²) in [5, 5.41) is 12.3. The molecule has 0 radical (unpaired) electrons. The minimum Gasteiger partial charge on any atom is -0.383 e. The number of para-hydroxylation sites is 1. The molecule has 1 amide bonds. The molecule has 0 spiro atoms. The Balaban J connectivity index is 1.42. The molecule has 5 rings (SSSR count). The van der Waals surface area contributed by atoms with Gasteiger partial charge in [0.05, 0.1) is 36.3 Å². The number of aromatic nitrogens is 4. The number of hydrogen-bond donors (Lipinski definition) is 1. The number of rotatable bonds is 9. The van der Waals surface area contributed by atoms with Gasteiger partial charge in [0.2, 0.25) is 5.91 Å². The molecule has 2 atom stereocenters. The normalized spacial score (nSPS) is 17.6. The number of amides is 1. The summed E-state index contributed by atoms with van der Waals surface area (Å²) in [7, 11) is 3.49. The Hall–Kier alpha value is -3.89. The van der Waals surface area contributed by atoms with Crippen LogP contribution < -0.4 is 5.32 Å². The largest absolute Gasteiger partial charge is 0.383 e. The fraction of sp³-hybridized carbons (Fsp3) is 0.345. The van der Waals surface area contributed by atoms with Crippen molar-refractivity contribution in [3.63, 3.8) is 0 Å². The Morgan fingerprint density at radius 1 is 1.13 bits per heavy atom. The second-order valence-corrected chi connectivity index (χ2v) is 9.95. The molecule has 39 heavy (non-hydrogen) atoms. The average Bonchev–Trinajstić information content (AvgIpc) is 3.62. The number of nitrogens with one attached hydrogen (secondary N) is 1. The van der Waals surface area contributed by atoms with Crippen LogP contribution in [0.1, 0.15) is 22.7 Å². The summed E-state index contributed by atoms with van der Waals surface area (Å²) in [4.78, 5) is 15.7. The lowest BCUT2D eigenvalue weighted by atomic mass is 9.94. The van der Waals surface area contributed by atoms with Gasteiger partial charge >= 0.3 is 0 Å². The molecule has 1 aliphatic rings. The second-order valence-electron chi connectivity index (χ2n) is 9.95. The standard InChI is InChI=1S/C29H32F2N6O2/c1-19-27(37(22-7-5-4-6-8-22)34-29(19)21-15-32-35(2)16-21)14-28(38)33-26-18-36(11-12-39-3)17-23(26)20-9-10-24(30)25(31)13-20/h4-10,13,15-16,23,26H,11-12,14,17-18H2,1-3H3,(H,33,38)/t23-,26+/m0/s1. The van der Waals surface area contributed by atoms with E-state index in [0.29, 0.717) is 31.8 Å². The lowest BCUT2D eigenvalue weighted by Gasteiger charge is -2.21. The van der Waals surface area contributed by atoms with Gasteiger partial charge in [0.1, 0.15) is 0 Å². The number of carbonyl (C=O) groups is 1. The first kappa shape index (κ1) is 26.7. The summed E-state index contributed by atoms with van der Waals surface area (Å²) in [6, 6.07) is 13.4. The Kier molecular flexibility index (Phi) is 7.85. The van der Waals surface area contributed by atoms with Crippen LogP contribution in [0.5, 0.6) is 0 Å². The number of halogens is 2. The molecule has 10 heteroatoms. The third-order valence-corrected chi connectivity index (χ3v) is 7.28. The molecule has 8 nitrogen and oxygen atoms in total. The first-order valence-electron chi connectivity index (χ1n) is 12.9. The van der Waals surface area contributed by atoms with E-state index in [9.17, 15) is 13.6 Å². The zero-order valence-corrected chi connectivity index (χ0v) is 22.3. The van der Waals surface area contributed by atoms with Gasteiger partial charge in [-0.3, -0.25) is 14.4 Å². The van der Waals surface area contributed by atoms with E-state index in [1.165, 1.54) is 6.07 Å². The number of methoxy groups -OCH3 is 1. The van der Waals surface area contributed by atoms with Crippen molar-refractivity contribution in [2.24, 2.45) is 7.05 Å². The quantitative estimate of drug-likeness (QED) is 0.355. The summed E-state index contributed by atoms with van der Waals surface area (Å²) in [6.45, 7) is 4.36. The lowest BCUT2D eigenvalue weighted by molar-refractivity contribution is -0.121. The maximum atomic E-state index is 14.1. The van der Waals surface area contributed by atoms with Crippen molar-refractivity contribution in [3.8, 4) is 16.9 Å². The van der Waals surface area contributed by atoms with E-state index in [1.807, 2.05) is 55.2 Å². The molecule has 0 unspecified atom stereocenters. The van der Waals surface area contributed by atoms with E-state index in [0.717, 1.165) is 34.3 Å². The van der Waals surface area contributed by atoms with Crippen LogP contribution in [0.25, 0.3) is 16.9 Å². The molecule has 4 aromatic rings. The molecule has 0 bridgehead atoms. The molecule has 1 fully saturated rings. The van der Waals surface area contributed by atoms with Crippen molar-refractivity contribution >= 4 is 5.91 Å². The topological polar surface area (TPSA) is 77.2 Å². The molecular weight excluding hydrogens is 502 g/mol. The zero-order chi connectivity index (χ0) is 27.5. The molecule has 0 saturated carbocycles. The van der Waals surface area contributed by atoms with Gasteiger partial charge in [0, 0.05) is 57.5 Å². The molecule has 2 aromatic carbocycles. The first-order chi connectivity index (χ1) is 18.8. The van der Waals surface area contributed by atoms with E-state index < -0.39 is 11.6 Å². The number of aryl methyl sites for hydroxylation is 1. The highest BCUT2D eigenvalue weighted by Gasteiger charge is 2.35. The SMILES string of the molecule is COCCN1C[C@@H](NC(=O)Cc2c(C)c(-c3cnn(C)c3)nn2-c2ccccc2)[C@H](c2ccc(F)c(F)c2)C1. The van der Waals surface area contributed by atoms with Crippen molar-refractivity contribution in [2.45, 2.75) is 25.3 Å². The molecule has 1 N–H and O–H groups in total. The Morgan fingerprint density at radius 2 is 1.92 bits per heavy atom. The van der Waals surface area contributed by atoms with E-state index in [4.69, 9.17) is 9.84 Å². The first-order valence-corrected chi connectivity index (χ1v) is 12.9. The molecular formula is C29H32F2N6O2. The molecule has 1 saturated heterocycles. The summed E-state index contributed by atoms with van der Waals surface area (Å²) in [6.07, 6.45) is 3.76. The van der Waals surface area contributed by atoms with Gasteiger partial charge in [-0.2, -0.15) is 10.2 Å². The van der Waals surface area contributed by atoms with Gasteiger partial charge in [-0.15, -0.1) is 0 Å². The van der Waals surface area contributed by atoms with Gasteiger partial charge in [-0.05, 0) is 42.3 Å². The van der Waals surface area contributed by atoms with Gasteiger partial charge in [0.15, 0.2) is 11.6 Å². The predicted octanol–water partition coefficient (Wildman–Crippen LogP) is 3.63. The summed E-state index contributed by atoms with van der Waals surface area (Å²) in [5.74, 6) is -2.13. The number of nitrogens with zero attached hydrogens (tertiary/aromatic N) is 5. The minimum absolute atomic E-state index is 0.104. The Labute approximate surface area is 226 Å².